The zero-order valence-electron chi connectivity index (χ0n) is 12.3. The Labute approximate surface area is 133 Å². The Kier molecular flexibility index (Phi) is 5.02. The first-order valence-electron chi connectivity index (χ1n) is 6.72. The number of nitrogens with one attached hydrogen (secondary N) is 1. The Morgan fingerprint density at radius 1 is 1.24 bits per heavy atom. The van der Waals surface area contributed by atoms with Gasteiger partial charge in [-0.25, -0.2) is 0 Å². The molecule has 0 radical (unpaired) electrons. The number of benzene rings is 2. The van der Waals surface area contributed by atoms with Crippen LogP contribution in [0.2, 0.25) is 0 Å². The second-order valence-electron chi connectivity index (χ2n) is 4.93. The molecule has 4 heteroatoms. The van der Waals surface area contributed by atoms with Crippen LogP contribution in [0, 0.1) is 6.92 Å². The SMILES string of the molecule is COc1ccc(C(=O)NC(C)c2cccc(Br)c2)cc1C. The van der Waals surface area contributed by atoms with Crippen LogP contribution in [0.3, 0.4) is 0 Å². The molecule has 0 aliphatic heterocycles. The van der Waals surface area contributed by atoms with Gasteiger partial charge in [0, 0.05) is 10.0 Å². The number of amides is 1. The van der Waals surface area contributed by atoms with Crippen LogP contribution in [0.25, 0.3) is 0 Å². The maximum atomic E-state index is 12.3. The van der Waals surface area contributed by atoms with E-state index in [9.17, 15) is 4.79 Å². The molecule has 1 unspecified atom stereocenters. The molecular formula is C17H18BrNO2. The third-order valence-electron chi connectivity index (χ3n) is 3.35. The van der Waals surface area contributed by atoms with Crippen molar-refractivity contribution in [3.05, 3.63) is 63.6 Å². The summed E-state index contributed by atoms with van der Waals surface area (Å²) >= 11 is 3.44. The second kappa shape index (κ2) is 6.76. The van der Waals surface area contributed by atoms with Crippen LogP contribution < -0.4 is 10.1 Å². The van der Waals surface area contributed by atoms with Crippen molar-refractivity contribution in [2.24, 2.45) is 0 Å². The lowest BCUT2D eigenvalue weighted by atomic mass is 10.1. The molecule has 1 amide bonds. The monoisotopic (exact) mass is 347 g/mol. The summed E-state index contributed by atoms with van der Waals surface area (Å²) in [7, 11) is 1.62. The summed E-state index contributed by atoms with van der Waals surface area (Å²) in [6.07, 6.45) is 0. The average Bonchev–Trinajstić information content (AvgIpc) is 2.47. The Morgan fingerprint density at radius 3 is 2.62 bits per heavy atom. The Hall–Kier alpha value is -1.81. The standard InChI is InChI=1S/C17H18BrNO2/c1-11-9-14(7-8-16(11)21-3)17(20)19-12(2)13-5-4-6-15(18)10-13/h4-10,12H,1-3H3,(H,19,20). The van der Waals surface area contributed by atoms with E-state index < -0.39 is 0 Å². The lowest BCUT2D eigenvalue weighted by Crippen LogP contribution is -2.26. The van der Waals surface area contributed by atoms with E-state index in [0.29, 0.717) is 5.56 Å². The van der Waals surface area contributed by atoms with E-state index in [4.69, 9.17) is 4.74 Å². The molecule has 0 saturated carbocycles. The smallest absolute Gasteiger partial charge is 0.251 e. The van der Waals surface area contributed by atoms with Gasteiger partial charge in [0.2, 0.25) is 0 Å². The molecular weight excluding hydrogens is 330 g/mol. The molecule has 21 heavy (non-hydrogen) atoms. The Balaban J connectivity index is 2.12. The molecule has 1 atom stereocenters. The van der Waals surface area contributed by atoms with Crippen LogP contribution in [0.1, 0.15) is 34.5 Å². The summed E-state index contributed by atoms with van der Waals surface area (Å²) < 4.78 is 6.21. The fraction of sp³-hybridized carbons (Fsp3) is 0.235. The van der Waals surface area contributed by atoms with E-state index in [1.54, 1.807) is 13.2 Å². The third-order valence-corrected chi connectivity index (χ3v) is 3.85. The van der Waals surface area contributed by atoms with Gasteiger partial charge in [-0.2, -0.15) is 0 Å². The van der Waals surface area contributed by atoms with Gasteiger partial charge in [0.25, 0.3) is 5.91 Å². The fourth-order valence-corrected chi connectivity index (χ4v) is 2.58. The van der Waals surface area contributed by atoms with E-state index >= 15 is 0 Å². The third kappa shape index (κ3) is 3.85. The number of methoxy groups -OCH3 is 1. The first kappa shape index (κ1) is 15.6. The van der Waals surface area contributed by atoms with Gasteiger partial charge < -0.3 is 10.1 Å². The summed E-state index contributed by atoms with van der Waals surface area (Å²) in [5.74, 6) is 0.694. The van der Waals surface area contributed by atoms with Crippen LogP contribution in [0.5, 0.6) is 5.75 Å². The summed E-state index contributed by atoms with van der Waals surface area (Å²) in [6, 6.07) is 13.3. The molecule has 110 valence electrons. The number of halogens is 1. The molecule has 0 saturated heterocycles. The predicted molar refractivity (Wildman–Crippen MR) is 87.8 cm³/mol. The normalized spacial score (nSPS) is 11.8. The Bertz CT molecular complexity index is 655. The van der Waals surface area contributed by atoms with E-state index in [-0.39, 0.29) is 11.9 Å². The average molecular weight is 348 g/mol. The molecule has 2 aromatic carbocycles. The number of aryl methyl sites for hydroxylation is 1. The van der Waals surface area contributed by atoms with E-state index in [1.165, 1.54) is 0 Å². The van der Waals surface area contributed by atoms with E-state index in [2.05, 4.69) is 21.2 Å². The van der Waals surface area contributed by atoms with Crippen LogP contribution in [-0.2, 0) is 0 Å². The van der Waals surface area contributed by atoms with Gasteiger partial charge in [-0.1, -0.05) is 28.1 Å². The molecule has 2 rings (SSSR count). The summed E-state index contributed by atoms with van der Waals surface area (Å²) in [5.41, 5.74) is 2.64. The highest BCUT2D eigenvalue weighted by atomic mass is 79.9. The van der Waals surface area contributed by atoms with Gasteiger partial charge in [-0.3, -0.25) is 4.79 Å². The minimum atomic E-state index is -0.0896. The van der Waals surface area contributed by atoms with Gasteiger partial charge in [-0.05, 0) is 55.3 Å². The first-order valence-corrected chi connectivity index (χ1v) is 7.51. The molecule has 3 nitrogen and oxygen atoms in total. The second-order valence-corrected chi connectivity index (χ2v) is 5.85. The molecule has 2 aromatic rings. The van der Waals surface area contributed by atoms with E-state index in [0.717, 1.165) is 21.3 Å². The number of carbonyl (C=O) groups excluding carboxylic acids is 1. The van der Waals surface area contributed by atoms with Crippen molar-refractivity contribution in [2.75, 3.05) is 7.11 Å². The van der Waals surface area contributed by atoms with Crippen molar-refractivity contribution in [1.29, 1.82) is 0 Å². The molecule has 0 aliphatic carbocycles. The molecule has 0 bridgehead atoms. The summed E-state index contributed by atoms with van der Waals surface area (Å²) in [5, 5.41) is 3.00. The van der Waals surface area contributed by atoms with Gasteiger partial charge in [-0.15, -0.1) is 0 Å². The highest BCUT2D eigenvalue weighted by Crippen LogP contribution is 2.20. The van der Waals surface area contributed by atoms with Crippen molar-refractivity contribution >= 4 is 21.8 Å². The van der Waals surface area contributed by atoms with Crippen molar-refractivity contribution < 1.29 is 9.53 Å². The van der Waals surface area contributed by atoms with E-state index in [1.807, 2.05) is 50.2 Å². The fourth-order valence-electron chi connectivity index (χ4n) is 2.16. The number of rotatable bonds is 4. The summed E-state index contributed by atoms with van der Waals surface area (Å²) in [4.78, 5) is 12.3. The van der Waals surface area contributed by atoms with Gasteiger partial charge >= 0.3 is 0 Å². The molecule has 0 spiro atoms. The van der Waals surface area contributed by atoms with Crippen LogP contribution >= 0.6 is 15.9 Å². The first-order chi connectivity index (χ1) is 10.0. The molecule has 0 fully saturated rings. The number of hydrogen-bond acceptors (Lipinski definition) is 2. The maximum Gasteiger partial charge on any atom is 0.251 e. The summed E-state index contributed by atoms with van der Waals surface area (Å²) in [6.45, 7) is 3.89. The quantitative estimate of drug-likeness (QED) is 0.897. The van der Waals surface area contributed by atoms with Crippen LogP contribution in [-0.4, -0.2) is 13.0 Å². The minimum absolute atomic E-state index is 0.0580. The molecule has 1 N–H and O–H groups in total. The minimum Gasteiger partial charge on any atom is -0.496 e. The zero-order valence-corrected chi connectivity index (χ0v) is 13.9. The maximum absolute atomic E-state index is 12.3. The lowest BCUT2D eigenvalue weighted by molar-refractivity contribution is 0.0939. The van der Waals surface area contributed by atoms with Crippen molar-refractivity contribution in [3.63, 3.8) is 0 Å². The zero-order chi connectivity index (χ0) is 15.4. The highest BCUT2D eigenvalue weighted by molar-refractivity contribution is 9.10. The van der Waals surface area contributed by atoms with Gasteiger partial charge in [0.05, 0.1) is 13.2 Å². The number of carbonyl (C=O) groups is 1. The highest BCUT2D eigenvalue weighted by Gasteiger charge is 2.12. The topological polar surface area (TPSA) is 38.3 Å². The van der Waals surface area contributed by atoms with Crippen LogP contribution in [0.15, 0.2) is 46.9 Å². The molecule has 0 aliphatic rings. The molecule has 0 aromatic heterocycles. The van der Waals surface area contributed by atoms with Gasteiger partial charge in [0.1, 0.15) is 5.75 Å². The predicted octanol–water partition coefficient (Wildman–Crippen LogP) is 4.26. The van der Waals surface area contributed by atoms with Crippen LogP contribution in [0.4, 0.5) is 0 Å². The van der Waals surface area contributed by atoms with Crippen molar-refractivity contribution in [1.82, 2.24) is 5.32 Å². The largest absolute Gasteiger partial charge is 0.496 e. The van der Waals surface area contributed by atoms with Crippen molar-refractivity contribution in [3.8, 4) is 5.75 Å². The van der Waals surface area contributed by atoms with Crippen molar-refractivity contribution in [2.45, 2.75) is 19.9 Å². The molecule has 0 heterocycles. The number of ether oxygens (including phenoxy) is 1. The number of hydrogen-bond donors (Lipinski definition) is 1. The van der Waals surface area contributed by atoms with Gasteiger partial charge in [0.15, 0.2) is 0 Å². The lowest BCUT2D eigenvalue weighted by Gasteiger charge is -2.15. The Morgan fingerprint density at radius 2 is 2.00 bits per heavy atom.